The Balaban J connectivity index is 3.48. The highest BCUT2D eigenvalue weighted by Crippen LogP contribution is 2.42. The molecule has 2 N–H and O–H groups in total. The zero-order chi connectivity index (χ0) is 18.3. The fourth-order valence-electron chi connectivity index (χ4n) is 3.39. The van der Waals surface area contributed by atoms with Crippen molar-refractivity contribution in [3.05, 3.63) is 47.1 Å². The van der Waals surface area contributed by atoms with Crippen molar-refractivity contribution in [3.63, 3.8) is 0 Å². The molecule has 0 aromatic heterocycles. The lowest BCUT2D eigenvalue weighted by atomic mass is 9.68. The van der Waals surface area contributed by atoms with E-state index in [1.807, 2.05) is 32.1 Å². The number of allylic oxidation sites excluding steroid dienone is 3. The lowest BCUT2D eigenvalue weighted by molar-refractivity contribution is 0.161. The Kier molecular flexibility index (Phi) is 7.01. The van der Waals surface area contributed by atoms with Gasteiger partial charge in [0.2, 0.25) is 5.90 Å². The maximum atomic E-state index is 12.1. The molecule has 0 aromatic rings. The lowest BCUT2D eigenvalue weighted by Crippen LogP contribution is -2.53. The molecule has 0 saturated heterocycles. The normalized spacial score (nSPS) is 26.2. The van der Waals surface area contributed by atoms with Crippen molar-refractivity contribution in [1.29, 1.82) is 5.41 Å². The summed E-state index contributed by atoms with van der Waals surface area (Å²) in [4.78, 5) is 12.1. The summed E-state index contributed by atoms with van der Waals surface area (Å²) in [6.45, 7) is 8.06. The summed E-state index contributed by atoms with van der Waals surface area (Å²) in [5, 5.41) is 10.7. The molecule has 0 aromatic carbocycles. The first-order chi connectivity index (χ1) is 11.3. The molecule has 0 aliphatic heterocycles. The fourth-order valence-corrected chi connectivity index (χ4v) is 3.39. The van der Waals surface area contributed by atoms with Gasteiger partial charge < -0.3 is 14.8 Å². The van der Waals surface area contributed by atoms with Crippen molar-refractivity contribution in [2.75, 3.05) is 14.2 Å². The summed E-state index contributed by atoms with van der Waals surface area (Å²) in [7, 11) is 2.82. The van der Waals surface area contributed by atoms with Gasteiger partial charge in [-0.05, 0) is 50.3 Å². The number of carbonyl (C=O) groups is 1. The quantitative estimate of drug-likeness (QED) is 0.352. The summed E-state index contributed by atoms with van der Waals surface area (Å²) < 4.78 is 9.76. The molecule has 1 aliphatic carbocycles. The molecule has 24 heavy (non-hydrogen) atoms. The van der Waals surface area contributed by atoms with Crippen LogP contribution >= 0.6 is 0 Å². The van der Waals surface area contributed by atoms with Crippen molar-refractivity contribution >= 4 is 12.0 Å². The molecule has 1 amide bonds. The summed E-state index contributed by atoms with van der Waals surface area (Å²) in [5.74, 6) is 0.242. The van der Waals surface area contributed by atoms with Crippen LogP contribution < -0.4 is 5.32 Å². The van der Waals surface area contributed by atoms with Crippen LogP contribution in [0, 0.1) is 11.3 Å². The first-order valence-electron chi connectivity index (χ1n) is 8.02. The maximum absolute atomic E-state index is 12.1. The molecule has 5 nitrogen and oxygen atoms in total. The van der Waals surface area contributed by atoms with E-state index in [0.717, 1.165) is 11.1 Å². The fraction of sp³-hybridized carbons (Fsp3) is 0.474. The average Bonchev–Trinajstić information content (AvgIpc) is 2.54. The van der Waals surface area contributed by atoms with Gasteiger partial charge in [-0.3, -0.25) is 5.41 Å². The van der Waals surface area contributed by atoms with Gasteiger partial charge in [0, 0.05) is 0 Å². The van der Waals surface area contributed by atoms with Crippen LogP contribution in [-0.2, 0) is 9.47 Å². The summed E-state index contributed by atoms with van der Waals surface area (Å²) in [6.07, 6.45) is 9.77. The van der Waals surface area contributed by atoms with Gasteiger partial charge in [0.15, 0.2) is 0 Å². The van der Waals surface area contributed by atoms with Gasteiger partial charge in [-0.1, -0.05) is 36.8 Å². The molecular weight excluding hydrogens is 304 g/mol. The third-order valence-electron chi connectivity index (χ3n) is 4.31. The minimum Gasteiger partial charge on any atom is -0.481 e. The van der Waals surface area contributed by atoms with Gasteiger partial charge in [0.25, 0.3) is 0 Å². The number of methoxy groups -OCH3 is 2. The highest BCUT2D eigenvalue weighted by molar-refractivity contribution is 5.85. The molecule has 1 rings (SSSR count). The second-order valence-corrected chi connectivity index (χ2v) is 5.89. The lowest BCUT2D eigenvalue weighted by Gasteiger charge is -2.43. The van der Waals surface area contributed by atoms with E-state index in [2.05, 4.69) is 25.2 Å². The first kappa shape index (κ1) is 19.7. The molecule has 1 aliphatic rings. The predicted molar refractivity (Wildman–Crippen MR) is 97.2 cm³/mol. The number of ether oxygens (including phenoxy) is 2. The maximum Gasteiger partial charge on any atom is 0.407 e. The van der Waals surface area contributed by atoms with E-state index in [-0.39, 0.29) is 11.8 Å². The van der Waals surface area contributed by atoms with Crippen LogP contribution in [0.5, 0.6) is 0 Å². The Bertz CT molecular complexity index is 614. The summed E-state index contributed by atoms with van der Waals surface area (Å²) in [6, 6.07) is 0. The third kappa shape index (κ3) is 4.16. The number of carbonyl (C=O) groups excluding carboxylic acids is 1. The summed E-state index contributed by atoms with van der Waals surface area (Å²) >= 11 is 0. The van der Waals surface area contributed by atoms with Crippen LogP contribution in [0.2, 0.25) is 0 Å². The molecule has 0 saturated carbocycles. The Hall–Kier alpha value is -2.30. The van der Waals surface area contributed by atoms with Gasteiger partial charge in [0.1, 0.15) is 0 Å². The standard InChI is InChI=1S/C19H28N2O3/c1-7-15(9-10-17(20)23-5)19(21-18(22)24-6)12-13(3)11-14(4)16(19)8-2/h7-11,14,20H,12H2,1-6H3,(H,21,22)/b10-9-,15-7-,16-8+,20-17?/t14-,19+/m1/s1. The highest BCUT2D eigenvalue weighted by atomic mass is 16.5. The van der Waals surface area contributed by atoms with Crippen LogP contribution in [0.3, 0.4) is 0 Å². The molecule has 0 fully saturated rings. The number of hydrogen-bond donors (Lipinski definition) is 2. The van der Waals surface area contributed by atoms with Gasteiger partial charge in [-0.25, -0.2) is 4.79 Å². The topological polar surface area (TPSA) is 71.4 Å². The monoisotopic (exact) mass is 332 g/mol. The number of hydrogen-bond acceptors (Lipinski definition) is 4. The molecule has 0 unspecified atom stereocenters. The number of alkyl carbamates (subject to hydrolysis) is 1. The summed E-state index contributed by atoms with van der Waals surface area (Å²) in [5.41, 5.74) is 2.49. The number of amides is 1. The van der Waals surface area contributed by atoms with Gasteiger partial charge in [-0.2, -0.15) is 0 Å². The van der Waals surface area contributed by atoms with E-state index in [1.165, 1.54) is 19.8 Å². The van der Waals surface area contributed by atoms with E-state index in [1.54, 1.807) is 6.08 Å². The van der Waals surface area contributed by atoms with E-state index >= 15 is 0 Å². The molecule has 132 valence electrons. The second-order valence-electron chi connectivity index (χ2n) is 5.89. The zero-order valence-corrected chi connectivity index (χ0v) is 15.4. The molecule has 0 bridgehead atoms. The largest absolute Gasteiger partial charge is 0.481 e. The average molecular weight is 332 g/mol. The predicted octanol–water partition coefficient (Wildman–Crippen LogP) is 4.14. The molecular formula is C19H28N2O3. The van der Waals surface area contributed by atoms with Gasteiger partial charge in [-0.15, -0.1) is 0 Å². The minimum atomic E-state index is -0.695. The second kappa shape index (κ2) is 8.52. The highest BCUT2D eigenvalue weighted by Gasteiger charge is 2.42. The van der Waals surface area contributed by atoms with Crippen LogP contribution in [0.25, 0.3) is 0 Å². The van der Waals surface area contributed by atoms with E-state index in [9.17, 15) is 4.79 Å². The van der Waals surface area contributed by atoms with Crippen LogP contribution in [0.1, 0.15) is 34.1 Å². The van der Waals surface area contributed by atoms with Crippen molar-refractivity contribution in [2.24, 2.45) is 5.92 Å². The van der Waals surface area contributed by atoms with Crippen LogP contribution in [-0.4, -0.2) is 31.7 Å². The zero-order valence-electron chi connectivity index (χ0n) is 15.4. The van der Waals surface area contributed by atoms with Crippen molar-refractivity contribution in [2.45, 2.75) is 39.7 Å². The molecule has 0 heterocycles. The number of rotatable bonds is 4. The molecule has 5 heteroatoms. The van der Waals surface area contributed by atoms with Crippen molar-refractivity contribution in [1.82, 2.24) is 5.32 Å². The van der Waals surface area contributed by atoms with Crippen molar-refractivity contribution in [3.8, 4) is 0 Å². The molecule has 2 atom stereocenters. The Labute approximate surface area is 144 Å². The smallest absolute Gasteiger partial charge is 0.407 e. The van der Waals surface area contributed by atoms with Crippen molar-refractivity contribution < 1.29 is 14.3 Å². The third-order valence-corrected chi connectivity index (χ3v) is 4.31. The first-order valence-corrected chi connectivity index (χ1v) is 8.02. The SMILES string of the molecule is C/C=C(/C=C\C(=N)OC)[C@@]1(NC(=O)OC)CC(C)=C[C@@H](C)/C1=C\C. The van der Waals surface area contributed by atoms with Gasteiger partial charge >= 0.3 is 6.09 Å². The molecule has 0 radical (unpaired) electrons. The number of nitrogens with one attached hydrogen (secondary N) is 2. The van der Waals surface area contributed by atoms with Crippen LogP contribution in [0.15, 0.2) is 47.1 Å². The Morgan fingerprint density at radius 2 is 2.00 bits per heavy atom. The van der Waals surface area contributed by atoms with E-state index in [0.29, 0.717) is 6.42 Å². The Morgan fingerprint density at radius 1 is 1.33 bits per heavy atom. The van der Waals surface area contributed by atoms with E-state index in [4.69, 9.17) is 14.9 Å². The Morgan fingerprint density at radius 3 is 2.50 bits per heavy atom. The van der Waals surface area contributed by atoms with E-state index < -0.39 is 11.6 Å². The van der Waals surface area contributed by atoms with Crippen LogP contribution in [0.4, 0.5) is 4.79 Å². The molecule has 0 spiro atoms. The van der Waals surface area contributed by atoms with Gasteiger partial charge in [0.05, 0.1) is 19.8 Å². The minimum absolute atomic E-state index is 0.0562.